The van der Waals surface area contributed by atoms with Gasteiger partial charge < -0.3 is 0 Å². The molecule has 2 rings (SSSR count). The molecule has 3 heteroatoms. The van der Waals surface area contributed by atoms with Crippen LogP contribution in [0, 0.1) is 6.92 Å². The van der Waals surface area contributed by atoms with Crippen LogP contribution in [0.3, 0.4) is 0 Å². The van der Waals surface area contributed by atoms with Crippen molar-refractivity contribution >= 4 is 5.91 Å². The van der Waals surface area contributed by atoms with E-state index in [2.05, 4.69) is 37.1 Å². The average molecular weight is 228 g/mol. The van der Waals surface area contributed by atoms with E-state index in [9.17, 15) is 4.79 Å². The first-order valence-corrected chi connectivity index (χ1v) is 5.76. The van der Waals surface area contributed by atoms with E-state index in [1.165, 1.54) is 15.8 Å². The molecule has 0 aliphatic heterocycles. The van der Waals surface area contributed by atoms with E-state index in [4.69, 9.17) is 0 Å². The van der Waals surface area contributed by atoms with Crippen LogP contribution >= 0.6 is 0 Å². The summed E-state index contributed by atoms with van der Waals surface area (Å²) in [4.78, 5) is 11.9. The molecular weight excluding hydrogens is 212 g/mol. The zero-order chi connectivity index (χ0) is 12.3. The van der Waals surface area contributed by atoms with Gasteiger partial charge in [0.1, 0.15) is 0 Å². The van der Waals surface area contributed by atoms with Gasteiger partial charge in [-0.2, -0.15) is 5.10 Å². The third kappa shape index (κ3) is 2.81. The molecule has 0 saturated heterocycles. The highest BCUT2D eigenvalue weighted by Crippen LogP contribution is 2.20. The van der Waals surface area contributed by atoms with Gasteiger partial charge in [-0.15, -0.1) is 0 Å². The molecule has 1 atom stereocenters. The first kappa shape index (κ1) is 11.6. The van der Waals surface area contributed by atoms with Gasteiger partial charge in [-0.25, -0.2) is 4.68 Å². The van der Waals surface area contributed by atoms with Crippen LogP contribution < -0.4 is 0 Å². The Labute approximate surface area is 101 Å². The smallest absolute Gasteiger partial charge is 0.247 e. The maximum atomic E-state index is 11.9. The molecule has 17 heavy (non-hydrogen) atoms. The summed E-state index contributed by atoms with van der Waals surface area (Å²) in [5, 5.41) is 3.95. The van der Waals surface area contributed by atoms with E-state index in [0.717, 1.165) is 0 Å². The number of rotatable bonds is 3. The molecule has 1 unspecified atom stereocenters. The summed E-state index contributed by atoms with van der Waals surface area (Å²) >= 11 is 0. The van der Waals surface area contributed by atoms with Gasteiger partial charge in [0, 0.05) is 18.8 Å². The number of hydrogen-bond donors (Lipinski definition) is 0. The second kappa shape index (κ2) is 4.95. The second-order valence-corrected chi connectivity index (χ2v) is 4.36. The van der Waals surface area contributed by atoms with E-state index in [1.807, 2.05) is 6.07 Å². The molecule has 3 nitrogen and oxygen atoms in total. The van der Waals surface area contributed by atoms with Crippen molar-refractivity contribution in [2.75, 3.05) is 0 Å². The number of benzene rings is 1. The van der Waals surface area contributed by atoms with Gasteiger partial charge in [0.05, 0.1) is 0 Å². The second-order valence-electron chi connectivity index (χ2n) is 4.36. The third-order valence-corrected chi connectivity index (χ3v) is 2.85. The molecule has 2 aromatic rings. The Morgan fingerprint density at radius 3 is 2.88 bits per heavy atom. The Kier molecular flexibility index (Phi) is 3.38. The summed E-state index contributed by atoms with van der Waals surface area (Å²) in [5.41, 5.74) is 2.42. The number of nitrogens with zero attached hydrogens (tertiary/aromatic N) is 2. The molecule has 0 aliphatic rings. The zero-order valence-electron chi connectivity index (χ0n) is 10.1. The highest BCUT2D eigenvalue weighted by molar-refractivity contribution is 5.78. The van der Waals surface area contributed by atoms with Crippen molar-refractivity contribution in [1.82, 2.24) is 9.78 Å². The Balaban J connectivity index is 2.07. The van der Waals surface area contributed by atoms with E-state index in [1.54, 1.807) is 18.5 Å². The van der Waals surface area contributed by atoms with E-state index < -0.39 is 0 Å². The highest BCUT2D eigenvalue weighted by Gasteiger charge is 2.12. The Hall–Kier alpha value is -1.90. The van der Waals surface area contributed by atoms with E-state index in [0.29, 0.717) is 6.42 Å². The predicted molar refractivity (Wildman–Crippen MR) is 67.1 cm³/mol. The molecule has 0 radical (unpaired) electrons. The summed E-state index contributed by atoms with van der Waals surface area (Å²) in [6.45, 7) is 4.13. The van der Waals surface area contributed by atoms with Crippen LogP contribution in [0.4, 0.5) is 0 Å². The maximum absolute atomic E-state index is 11.9. The molecular formula is C14H16N2O. The SMILES string of the molecule is Cc1cccc(C(C)CC(=O)n2cccn2)c1. The van der Waals surface area contributed by atoms with Crippen molar-refractivity contribution in [3.63, 3.8) is 0 Å². The lowest BCUT2D eigenvalue weighted by molar-refractivity contribution is 0.0879. The summed E-state index contributed by atoms with van der Waals surface area (Å²) in [6, 6.07) is 10.0. The van der Waals surface area contributed by atoms with Crippen LogP contribution in [0.25, 0.3) is 0 Å². The van der Waals surface area contributed by atoms with Gasteiger partial charge >= 0.3 is 0 Å². The molecule has 88 valence electrons. The van der Waals surface area contributed by atoms with Crippen molar-refractivity contribution in [3.8, 4) is 0 Å². The summed E-state index contributed by atoms with van der Waals surface area (Å²) in [5.74, 6) is 0.246. The van der Waals surface area contributed by atoms with Crippen LogP contribution in [-0.2, 0) is 0 Å². The first-order valence-electron chi connectivity index (χ1n) is 5.76. The third-order valence-electron chi connectivity index (χ3n) is 2.85. The lowest BCUT2D eigenvalue weighted by Crippen LogP contribution is -2.13. The number of aryl methyl sites for hydroxylation is 1. The number of carbonyl (C=O) groups excluding carboxylic acids is 1. The number of carbonyl (C=O) groups is 1. The van der Waals surface area contributed by atoms with Gasteiger partial charge in [-0.1, -0.05) is 36.8 Å². The van der Waals surface area contributed by atoms with Crippen LogP contribution in [0.2, 0.25) is 0 Å². The molecule has 1 heterocycles. The molecule has 0 amide bonds. The summed E-state index contributed by atoms with van der Waals surface area (Å²) < 4.78 is 1.40. The monoisotopic (exact) mass is 228 g/mol. The predicted octanol–water partition coefficient (Wildman–Crippen LogP) is 3.03. The fourth-order valence-corrected chi connectivity index (χ4v) is 1.87. The van der Waals surface area contributed by atoms with Crippen molar-refractivity contribution < 1.29 is 4.79 Å². The quantitative estimate of drug-likeness (QED) is 0.809. The average Bonchev–Trinajstić information content (AvgIpc) is 2.82. The molecule has 0 spiro atoms. The topological polar surface area (TPSA) is 34.9 Å². The van der Waals surface area contributed by atoms with Crippen LogP contribution in [0.5, 0.6) is 0 Å². The zero-order valence-corrected chi connectivity index (χ0v) is 10.1. The molecule has 1 aromatic carbocycles. The van der Waals surface area contributed by atoms with E-state index in [-0.39, 0.29) is 11.8 Å². The fraction of sp³-hybridized carbons (Fsp3) is 0.286. The molecule has 0 aliphatic carbocycles. The standard InChI is InChI=1S/C14H16N2O/c1-11-5-3-6-13(9-11)12(2)10-14(17)16-8-4-7-15-16/h3-9,12H,10H2,1-2H3. The van der Waals surface area contributed by atoms with Crippen molar-refractivity contribution in [3.05, 3.63) is 53.9 Å². The van der Waals surface area contributed by atoms with Gasteiger partial charge in [0.15, 0.2) is 0 Å². The summed E-state index contributed by atoms with van der Waals surface area (Å²) in [7, 11) is 0. The molecule has 0 bridgehead atoms. The summed E-state index contributed by atoms with van der Waals surface area (Å²) in [6.07, 6.45) is 3.78. The molecule has 0 N–H and O–H groups in total. The van der Waals surface area contributed by atoms with Gasteiger partial charge in [0.2, 0.25) is 5.91 Å². The van der Waals surface area contributed by atoms with Gasteiger partial charge in [0.25, 0.3) is 0 Å². The number of hydrogen-bond acceptors (Lipinski definition) is 2. The maximum Gasteiger partial charge on any atom is 0.247 e. The Bertz CT molecular complexity index is 503. The molecule has 0 saturated carbocycles. The van der Waals surface area contributed by atoms with Crippen molar-refractivity contribution in [1.29, 1.82) is 0 Å². The lowest BCUT2D eigenvalue weighted by atomic mass is 9.96. The fourth-order valence-electron chi connectivity index (χ4n) is 1.87. The Morgan fingerprint density at radius 1 is 1.41 bits per heavy atom. The van der Waals surface area contributed by atoms with Crippen LogP contribution in [0.1, 0.15) is 35.2 Å². The highest BCUT2D eigenvalue weighted by atomic mass is 16.2. The van der Waals surface area contributed by atoms with Gasteiger partial charge in [-0.05, 0) is 24.5 Å². The normalized spacial score (nSPS) is 12.4. The molecule has 0 fully saturated rings. The lowest BCUT2D eigenvalue weighted by Gasteiger charge is -2.11. The number of aromatic nitrogens is 2. The van der Waals surface area contributed by atoms with E-state index >= 15 is 0 Å². The minimum absolute atomic E-state index is 0.0315. The van der Waals surface area contributed by atoms with Crippen molar-refractivity contribution in [2.24, 2.45) is 0 Å². The van der Waals surface area contributed by atoms with Crippen LogP contribution in [-0.4, -0.2) is 15.7 Å². The minimum atomic E-state index is 0.0315. The molecule has 1 aromatic heterocycles. The largest absolute Gasteiger partial charge is 0.273 e. The minimum Gasteiger partial charge on any atom is -0.273 e. The van der Waals surface area contributed by atoms with Crippen molar-refractivity contribution in [2.45, 2.75) is 26.2 Å². The van der Waals surface area contributed by atoms with Gasteiger partial charge in [-0.3, -0.25) is 4.79 Å². The Morgan fingerprint density at radius 2 is 2.24 bits per heavy atom. The van der Waals surface area contributed by atoms with Crippen LogP contribution in [0.15, 0.2) is 42.7 Å². The first-order chi connectivity index (χ1) is 8.16.